The van der Waals surface area contributed by atoms with Gasteiger partial charge < -0.3 is 15.4 Å². The molecule has 0 bridgehead atoms. The van der Waals surface area contributed by atoms with Crippen molar-refractivity contribution in [3.05, 3.63) is 64.2 Å². The molecule has 1 aromatic carbocycles. The van der Waals surface area contributed by atoms with Crippen LogP contribution in [-0.2, 0) is 11.2 Å². The zero-order valence-corrected chi connectivity index (χ0v) is 14.4. The third kappa shape index (κ3) is 4.04. The lowest BCUT2D eigenvalue weighted by Crippen LogP contribution is -2.42. The minimum absolute atomic E-state index is 0.0757. The summed E-state index contributed by atoms with van der Waals surface area (Å²) in [6.45, 7) is 0. The van der Waals surface area contributed by atoms with Crippen molar-refractivity contribution in [2.75, 3.05) is 0 Å². The predicted octanol–water partition coefficient (Wildman–Crippen LogP) is 2.65. The van der Waals surface area contributed by atoms with Crippen LogP contribution in [0.5, 0.6) is 0 Å². The van der Waals surface area contributed by atoms with Crippen molar-refractivity contribution in [2.24, 2.45) is 0 Å². The van der Waals surface area contributed by atoms with E-state index in [0.717, 1.165) is 6.07 Å². The lowest BCUT2D eigenvalue weighted by atomic mass is 10.0. The number of benzene rings is 1. The zero-order chi connectivity index (χ0) is 19.6. The fourth-order valence-corrected chi connectivity index (χ4v) is 2.72. The number of aromatic amines is 1. The molecule has 3 aromatic rings. The van der Waals surface area contributed by atoms with Crippen LogP contribution in [0.2, 0.25) is 5.02 Å². The summed E-state index contributed by atoms with van der Waals surface area (Å²) < 4.78 is 14.0. The summed E-state index contributed by atoms with van der Waals surface area (Å²) >= 11 is 5.85. The molecule has 1 unspecified atom stereocenters. The van der Waals surface area contributed by atoms with Crippen molar-refractivity contribution < 1.29 is 19.1 Å². The van der Waals surface area contributed by atoms with Crippen LogP contribution < -0.4 is 5.32 Å². The first-order valence-electron chi connectivity index (χ1n) is 7.74. The first-order chi connectivity index (χ1) is 12.9. The summed E-state index contributed by atoms with van der Waals surface area (Å²) in [5.41, 5.74) is 0.726. The first-order valence-corrected chi connectivity index (χ1v) is 8.11. The second-order valence-electron chi connectivity index (χ2n) is 5.76. The van der Waals surface area contributed by atoms with Crippen molar-refractivity contribution in [3.63, 3.8) is 0 Å². The van der Waals surface area contributed by atoms with Crippen molar-refractivity contribution in [2.45, 2.75) is 12.5 Å². The van der Waals surface area contributed by atoms with Gasteiger partial charge in [0.1, 0.15) is 23.2 Å². The molecule has 0 saturated carbocycles. The Bertz CT molecular complexity index is 1090. The number of aromatic nitrogens is 2. The normalized spacial score (nSPS) is 11.7. The lowest BCUT2D eigenvalue weighted by molar-refractivity contribution is -0.139. The number of pyridine rings is 1. The van der Waals surface area contributed by atoms with Crippen LogP contribution in [0, 0.1) is 17.1 Å². The van der Waals surface area contributed by atoms with Gasteiger partial charge in [-0.2, -0.15) is 5.26 Å². The van der Waals surface area contributed by atoms with Crippen LogP contribution in [0.4, 0.5) is 4.39 Å². The Hall–Kier alpha value is -3.44. The Morgan fingerprint density at radius 1 is 1.37 bits per heavy atom. The highest BCUT2D eigenvalue weighted by atomic mass is 35.5. The monoisotopic (exact) mass is 386 g/mol. The molecule has 7 nitrogen and oxygen atoms in total. The maximum Gasteiger partial charge on any atom is 0.326 e. The molecule has 3 N–H and O–H groups in total. The number of carbonyl (C=O) groups is 2. The number of nitriles is 1. The lowest BCUT2D eigenvalue weighted by Gasteiger charge is -2.14. The highest BCUT2D eigenvalue weighted by Crippen LogP contribution is 2.18. The molecule has 1 amide bonds. The molecule has 0 fully saturated rings. The molecule has 1 atom stereocenters. The summed E-state index contributed by atoms with van der Waals surface area (Å²) in [6, 6.07) is 7.26. The molecule has 2 aromatic heterocycles. The van der Waals surface area contributed by atoms with Gasteiger partial charge in [-0.05, 0) is 29.8 Å². The van der Waals surface area contributed by atoms with Gasteiger partial charge in [0, 0.05) is 18.0 Å². The standard InChI is InChI=1S/C18H12ClFN4O3/c19-12-4-11-6-14(23-16(11)22-8-12)17(25)24-15(18(26)27)5-10-2-1-9(7-21)3-13(10)20/h1-4,6,8,15H,5H2,(H,22,23)(H,24,25)(H,26,27). The number of nitrogens with zero attached hydrogens (tertiary/aromatic N) is 2. The minimum Gasteiger partial charge on any atom is -0.480 e. The van der Waals surface area contributed by atoms with E-state index in [1.807, 2.05) is 0 Å². The van der Waals surface area contributed by atoms with Crippen molar-refractivity contribution >= 4 is 34.5 Å². The van der Waals surface area contributed by atoms with E-state index < -0.39 is 23.7 Å². The maximum absolute atomic E-state index is 14.0. The number of carboxylic acids is 1. The van der Waals surface area contributed by atoms with Crippen LogP contribution in [-0.4, -0.2) is 33.0 Å². The average molecular weight is 387 g/mol. The Balaban J connectivity index is 1.80. The van der Waals surface area contributed by atoms with Gasteiger partial charge in [0.2, 0.25) is 0 Å². The molecule has 0 radical (unpaired) electrons. The van der Waals surface area contributed by atoms with Crippen molar-refractivity contribution in [1.29, 1.82) is 5.26 Å². The molecular weight excluding hydrogens is 375 g/mol. The second kappa shape index (κ2) is 7.43. The number of halogens is 2. The quantitative estimate of drug-likeness (QED) is 0.622. The molecule has 0 aliphatic heterocycles. The van der Waals surface area contributed by atoms with E-state index >= 15 is 0 Å². The summed E-state index contributed by atoms with van der Waals surface area (Å²) in [7, 11) is 0. The van der Waals surface area contributed by atoms with Crippen molar-refractivity contribution in [1.82, 2.24) is 15.3 Å². The van der Waals surface area contributed by atoms with Gasteiger partial charge in [-0.1, -0.05) is 17.7 Å². The summed E-state index contributed by atoms with van der Waals surface area (Å²) in [6.07, 6.45) is 1.14. The van der Waals surface area contributed by atoms with E-state index in [9.17, 15) is 19.1 Å². The fourth-order valence-electron chi connectivity index (χ4n) is 2.55. The topological polar surface area (TPSA) is 119 Å². The highest BCUT2D eigenvalue weighted by Gasteiger charge is 2.23. The number of aliphatic carboxylic acids is 1. The van der Waals surface area contributed by atoms with E-state index in [2.05, 4.69) is 15.3 Å². The number of nitrogens with one attached hydrogen (secondary N) is 2. The SMILES string of the molecule is N#Cc1ccc(CC(NC(=O)c2cc3cc(Cl)cnc3[nH]2)C(=O)O)c(F)c1. The third-order valence-electron chi connectivity index (χ3n) is 3.89. The van der Waals surface area contributed by atoms with E-state index in [1.165, 1.54) is 24.4 Å². The molecular formula is C18H12ClFN4O3. The zero-order valence-electron chi connectivity index (χ0n) is 13.7. The van der Waals surface area contributed by atoms with Crippen LogP contribution in [0.15, 0.2) is 36.5 Å². The van der Waals surface area contributed by atoms with Crippen LogP contribution in [0.1, 0.15) is 21.6 Å². The summed E-state index contributed by atoms with van der Waals surface area (Å²) in [5.74, 6) is -2.70. The molecule has 0 spiro atoms. The first kappa shape index (κ1) is 18.4. The Kier molecular flexibility index (Phi) is 5.05. The van der Waals surface area contributed by atoms with Crippen LogP contribution in [0.25, 0.3) is 11.0 Å². The number of H-pyrrole nitrogens is 1. The third-order valence-corrected chi connectivity index (χ3v) is 4.10. The van der Waals surface area contributed by atoms with Gasteiger partial charge >= 0.3 is 5.97 Å². The molecule has 0 aliphatic carbocycles. The summed E-state index contributed by atoms with van der Waals surface area (Å²) in [5, 5.41) is 21.5. The second-order valence-corrected chi connectivity index (χ2v) is 6.20. The maximum atomic E-state index is 14.0. The Morgan fingerprint density at radius 2 is 2.15 bits per heavy atom. The van der Waals surface area contributed by atoms with E-state index in [-0.39, 0.29) is 23.2 Å². The number of carboxylic acid groups (broad SMARTS) is 1. The minimum atomic E-state index is -1.36. The number of hydrogen-bond donors (Lipinski definition) is 3. The van der Waals surface area contributed by atoms with Crippen molar-refractivity contribution in [3.8, 4) is 6.07 Å². The molecule has 9 heteroatoms. The summed E-state index contributed by atoms with van der Waals surface area (Å²) in [4.78, 5) is 30.7. The van der Waals surface area contributed by atoms with Gasteiger partial charge in [0.15, 0.2) is 0 Å². The molecule has 0 saturated heterocycles. The van der Waals surface area contributed by atoms with E-state index in [0.29, 0.717) is 16.1 Å². The van der Waals surface area contributed by atoms with Gasteiger partial charge in [-0.3, -0.25) is 4.79 Å². The van der Waals surface area contributed by atoms with E-state index in [4.69, 9.17) is 16.9 Å². The Morgan fingerprint density at radius 3 is 2.81 bits per heavy atom. The average Bonchev–Trinajstić information content (AvgIpc) is 3.05. The van der Waals surface area contributed by atoms with Gasteiger partial charge in [-0.15, -0.1) is 0 Å². The highest BCUT2D eigenvalue weighted by molar-refractivity contribution is 6.31. The van der Waals surface area contributed by atoms with Crippen LogP contribution >= 0.6 is 11.6 Å². The molecule has 3 rings (SSSR count). The predicted molar refractivity (Wildman–Crippen MR) is 94.8 cm³/mol. The number of carbonyl (C=O) groups excluding carboxylic acids is 1. The fraction of sp³-hybridized carbons (Fsp3) is 0.111. The van der Waals surface area contributed by atoms with Gasteiger partial charge in [0.25, 0.3) is 5.91 Å². The molecule has 0 aliphatic rings. The van der Waals surface area contributed by atoms with E-state index in [1.54, 1.807) is 12.1 Å². The smallest absolute Gasteiger partial charge is 0.326 e. The number of fused-ring (bicyclic) bond motifs is 1. The number of hydrogen-bond acceptors (Lipinski definition) is 4. The largest absolute Gasteiger partial charge is 0.480 e. The van der Waals surface area contributed by atoms with Gasteiger partial charge in [-0.25, -0.2) is 14.2 Å². The van der Waals surface area contributed by atoms with Gasteiger partial charge in [0.05, 0.1) is 16.7 Å². The Labute approximate surface area is 157 Å². The molecule has 27 heavy (non-hydrogen) atoms. The molecule has 2 heterocycles. The van der Waals surface area contributed by atoms with Crippen LogP contribution in [0.3, 0.4) is 0 Å². The number of rotatable bonds is 5. The number of amides is 1. The molecule has 136 valence electrons.